The van der Waals surface area contributed by atoms with Gasteiger partial charge in [0.05, 0.1) is 32.0 Å². The third-order valence-electron chi connectivity index (χ3n) is 6.06. The van der Waals surface area contributed by atoms with Gasteiger partial charge < -0.3 is 20.9 Å². The third kappa shape index (κ3) is 5.14. The number of nitrogens with two attached hydrogens (primary N) is 2. The fourth-order valence-corrected chi connectivity index (χ4v) is 4.32. The van der Waals surface area contributed by atoms with Crippen LogP contribution in [0.3, 0.4) is 0 Å². The van der Waals surface area contributed by atoms with Crippen molar-refractivity contribution in [3.05, 3.63) is 82.7 Å². The number of allylic oxidation sites excluding steroid dienone is 1. The molecule has 1 atom stereocenters. The number of hydrazone groups is 1. The Morgan fingerprint density at radius 3 is 2.69 bits per heavy atom. The van der Waals surface area contributed by atoms with Crippen LogP contribution in [0.4, 0.5) is 11.8 Å². The van der Waals surface area contributed by atoms with Gasteiger partial charge in [-0.1, -0.05) is 37.6 Å². The summed E-state index contributed by atoms with van der Waals surface area (Å²) in [5.74, 6) is 0.951. The Hall–Kier alpha value is -4.40. The van der Waals surface area contributed by atoms with Crippen LogP contribution in [0, 0.1) is 0 Å². The number of benzene rings is 2. The summed E-state index contributed by atoms with van der Waals surface area (Å²) in [6, 6.07) is 11.8. The number of ether oxygens (including phenoxy) is 2. The van der Waals surface area contributed by atoms with Gasteiger partial charge in [0.15, 0.2) is 17.3 Å². The first-order valence-electron chi connectivity index (χ1n) is 11.7. The van der Waals surface area contributed by atoms with Crippen molar-refractivity contribution in [2.24, 2.45) is 5.10 Å². The molecule has 0 bridgehead atoms. The Morgan fingerprint density at radius 2 is 1.97 bits per heavy atom. The van der Waals surface area contributed by atoms with Crippen LogP contribution in [0.5, 0.6) is 11.5 Å². The maximum absolute atomic E-state index is 13.4. The minimum Gasteiger partial charge on any atom is -0.493 e. The molecule has 1 aliphatic rings. The average molecular weight is 487 g/mol. The highest BCUT2D eigenvalue weighted by Gasteiger charge is 2.23. The lowest BCUT2D eigenvalue weighted by atomic mass is 9.96. The highest BCUT2D eigenvalue weighted by atomic mass is 16.5. The summed E-state index contributed by atoms with van der Waals surface area (Å²) in [7, 11) is 3.04. The molecule has 0 spiro atoms. The third-order valence-corrected chi connectivity index (χ3v) is 6.06. The number of nitrogens with zero attached hydrogens (tertiary/aromatic N) is 4. The molecule has 1 aromatic heterocycles. The van der Waals surface area contributed by atoms with E-state index in [-0.39, 0.29) is 23.6 Å². The number of aromatic nitrogens is 2. The van der Waals surface area contributed by atoms with E-state index in [0.29, 0.717) is 29.0 Å². The van der Waals surface area contributed by atoms with Crippen LogP contribution in [0.25, 0.3) is 0 Å². The van der Waals surface area contributed by atoms with Crippen molar-refractivity contribution in [3.8, 4) is 11.5 Å². The van der Waals surface area contributed by atoms with Gasteiger partial charge in [0, 0.05) is 30.5 Å². The number of rotatable bonds is 9. The van der Waals surface area contributed by atoms with Gasteiger partial charge >= 0.3 is 0 Å². The second-order valence-electron chi connectivity index (χ2n) is 8.43. The second-order valence-corrected chi connectivity index (χ2v) is 8.43. The lowest BCUT2D eigenvalue weighted by molar-refractivity contribution is 0.104. The predicted molar refractivity (Wildman–Crippen MR) is 140 cm³/mol. The topological polar surface area (TPSA) is 129 Å². The van der Waals surface area contributed by atoms with E-state index in [2.05, 4.69) is 34.1 Å². The number of carbonyl (C=O) groups is 1. The molecule has 4 N–H and O–H groups in total. The molecule has 9 nitrogen and oxygen atoms in total. The Morgan fingerprint density at radius 1 is 1.17 bits per heavy atom. The van der Waals surface area contributed by atoms with Crippen LogP contribution in [-0.2, 0) is 6.42 Å². The molecule has 0 amide bonds. The van der Waals surface area contributed by atoms with Gasteiger partial charge in [0.2, 0.25) is 5.95 Å². The summed E-state index contributed by atoms with van der Waals surface area (Å²) in [5, 5.41) is 6.42. The predicted octanol–water partition coefficient (Wildman–Crippen LogP) is 4.14. The minimum absolute atomic E-state index is 0.0523. The standard InChI is InChI=1S/C27H30N6O3/c1-4-7-22-20-9-6-5-8-18(20)16-31-33(22)11-10-23(34)21-13-17(14-24(35-2)25(21)36-3)12-19-15-30-27(29)32-26(19)28/h5-6,8-11,13-16,22H,4,7,12H2,1-3H3,(H4,28,29,30,32)/b11-10+/t22-/m1/s1. The van der Waals surface area contributed by atoms with E-state index in [1.807, 2.05) is 23.4 Å². The Kier molecular flexibility index (Phi) is 7.48. The zero-order valence-corrected chi connectivity index (χ0v) is 20.6. The smallest absolute Gasteiger partial charge is 0.221 e. The van der Waals surface area contributed by atoms with E-state index in [1.165, 1.54) is 25.9 Å². The van der Waals surface area contributed by atoms with Crippen molar-refractivity contribution < 1.29 is 14.3 Å². The number of methoxy groups -OCH3 is 2. The maximum Gasteiger partial charge on any atom is 0.221 e. The van der Waals surface area contributed by atoms with Crippen LogP contribution in [0.15, 0.2) is 60.0 Å². The molecule has 0 saturated heterocycles. The number of carbonyl (C=O) groups excluding carboxylic acids is 1. The van der Waals surface area contributed by atoms with Crippen molar-refractivity contribution in [2.45, 2.75) is 32.2 Å². The highest BCUT2D eigenvalue weighted by Crippen LogP contribution is 2.35. The van der Waals surface area contributed by atoms with Crippen LogP contribution in [-0.4, -0.2) is 41.2 Å². The SMILES string of the molecule is CCC[C@@H]1c2ccccc2C=NN1/C=C/C(=O)c1cc(Cc2cnc(N)nc2N)cc(OC)c1OC. The van der Waals surface area contributed by atoms with Gasteiger partial charge in [-0.25, -0.2) is 4.98 Å². The van der Waals surface area contributed by atoms with Gasteiger partial charge in [0.25, 0.3) is 0 Å². The molecule has 2 aromatic carbocycles. The van der Waals surface area contributed by atoms with Gasteiger partial charge in [-0.15, -0.1) is 0 Å². The fraction of sp³-hybridized carbons (Fsp3) is 0.259. The summed E-state index contributed by atoms with van der Waals surface area (Å²) in [6.45, 7) is 2.13. The summed E-state index contributed by atoms with van der Waals surface area (Å²) in [4.78, 5) is 21.4. The number of hydrogen-bond donors (Lipinski definition) is 2. The van der Waals surface area contributed by atoms with Crippen LogP contribution in [0.2, 0.25) is 0 Å². The fourth-order valence-electron chi connectivity index (χ4n) is 4.32. The van der Waals surface area contributed by atoms with Crippen LogP contribution < -0.4 is 20.9 Å². The first-order valence-corrected chi connectivity index (χ1v) is 11.7. The molecule has 1 aliphatic heterocycles. The van der Waals surface area contributed by atoms with Crippen molar-refractivity contribution in [1.29, 1.82) is 0 Å². The molecule has 186 valence electrons. The lowest BCUT2D eigenvalue weighted by Gasteiger charge is -2.30. The van der Waals surface area contributed by atoms with Crippen LogP contribution in [0.1, 0.15) is 58.4 Å². The second kappa shape index (κ2) is 10.9. The normalized spacial score (nSPS) is 14.6. The van der Waals surface area contributed by atoms with E-state index in [4.69, 9.17) is 20.9 Å². The summed E-state index contributed by atoms with van der Waals surface area (Å²) >= 11 is 0. The van der Waals surface area contributed by atoms with E-state index < -0.39 is 0 Å². The zero-order chi connectivity index (χ0) is 25.7. The quantitative estimate of drug-likeness (QED) is 0.341. The number of ketones is 1. The Balaban J connectivity index is 1.65. The number of fused-ring (bicyclic) bond motifs is 1. The number of hydrogen-bond acceptors (Lipinski definition) is 9. The Labute approximate surface area is 210 Å². The van der Waals surface area contributed by atoms with E-state index in [9.17, 15) is 4.79 Å². The molecule has 0 fully saturated rings. The first-order chi connectivity index (χ1) is 17.4. The average Bonchev–Trinajstić information content (AvgIpc) is 2.89. The molecule has 9 heteroatoms. The molecule has 0 unspecified atom stereocenters. The summed E-state index contributed by atoms with van der Waals surface area (Å²) in [5.41, 5.74) is 15.8. The van der Waals surface area contributed by atoms with Gasteiger partial charge in [-0.2, -0.15) is 10.1 Å². The number of nitrogen functional groups attached to an aromatic ring is 2. The highest BCUT2D eigenvalue weighted by molar-refractivity contribution is 6.07. The summed E-state index contributed by atoms with van der Waals surface area (Å²) in [6.07, 6.45) is 8.91. The van der Waals surface area contributed by atoms with E-state index in [0.717, 1.165) is 24.0 Å². The molecule has 36 heavy (non-hydrogen) atoms. The molecule has 2 heterocycles. The first kappa shape index (κ1) is 24.7. The van der Waals surface area contributed by atoms with Gasteiger partial charge in [-0.05, 0) is 35.2 Å². The molecular weight excluding hydrogens is 456 g/mol. The van der Waals surface area contributed by atoms with E-state index >= 15 is 0 Å². The van der Waals surface area contributed by atoms with E-state index in [1.54, 1.807) is 24.5 Å². The van der Waals surface area contributed by atoms with Crippen molar-refractivity contribution in [2.75, 3.05) is 25.7 Å². The monoisotopic (exact) mass is 486 g/mol. The van der Waals surface area contributed by atoms with Crippen LogP contribution >= 0.6 is 0 Å². The molecule has 0 radical (unpaired) electrons. The van der Waals surface area contributed by atoms with Gasteiger partial charge in [-0.3, -0.25) is 9.80 Å². The molecule has 3 aromatic rings. The van der Waals surface area contributed by atoms with Crippen molar-refractivity contribution in [3.63, 3.8) is 0 Å². The molecule has 0 aliphatic carbocycles. The lowest BCUT2D eigenvalue weighted by Crippen LogP contribution is -2.23. The zero-order valence-electron chi connectivity index (χ0n) is 20.6. The van der Waals surface area contributed by atoms with Crippen molar-refractivity contribution in [1.82, 2.24) is 15.0 Å². The van der Waals surface area contributed by atoms with Gasteiger partial charge in [0.1, 0.15) is 5.82 Å². The Bertz CT molecular complexity index is 1320. The molecular formula is C27H30N6O3. The largest absolute Gasteiger partial charge is 0.493 e. The maximum atomic E-state index is 13.4. The minimum atomic E-state index is -0.238. The van der Waals surface area contributed by atoms with Crippen molar-refractivity contribution >= 4 is 23.8 Å². The molecule has 0 saturated carbocycles. The number of anilines is 2. The molecule has 4 rings (SSSR count). The summed E-state index contributed by atoms with van der Waals surface area (Å²) < 4.78 is 11.1.